The Balaban J connectivity index is 1.87. The molecule has 7 heteroatoms. The van der Waals surface area contributed by atoms with Gasteiger partial charge in [-0.2, -0.15) is 0 Å². The second-order valence-corrected chi connectivity index (χ2v) is 7.38. The predicted octanol–water partition coefficient (Wildman–Crippen LogP) is 0.541. The van der Waals surface area contributed by atoms with Crippen LogP contribution in [0.5, 0.6) is 0 Å². The lowest BCUT2D eigenvalue weighted by molar-refractivity contribution is -0.138. The van der Waals surface area contributed by atoms with Gasteiger partial charge in [-0.15, -0.1) is 0 Å². The Morgan fingerprint density at radius 2 is 1.55 bits per heavy atom. The average molecular weight is 324 g/mol. The van der Waals surface area contributed by atoms with Crippen LogP contribution >= 0.6 is 0 Å². The zero-order valence-corrected chi connectivity index (χ0v) is 13.4. The lowest BCUT2D eigenvalue weighted by atomic mass is 10.3. The SMILES string of the molecule is CC(=O)N1CCN(C(=O)CCS(=O)(=O)c2ccccc2)CC1. The van der Waals surface area contributed by atoms with Gasteiger partial charge in [0.2, 0.25) is 11.8 Å². The summed E-state index contributed by atoms with van der Waals surface area (Å²) in [5, 5.41) is 0. The zero-order chi connectivity index (χ0) is 16.2. The highest BCUT2D eigenvalue weighted by molar-refractivity contribution is 7.91. The van der Waals surface area contributed by atoms with E-state index in [9.17, 15) is 18.0 Å². The first-order valence-electron chi connectivity index (χ1n) is 7.21. The maximum Gasteiger partial charge on any atom is 0.223 e. The van der Waals surface area contributed by atoms with Crippen LogP contribution in [-0.2, 0) is 19.4 Å². The first-order chi connectivity index (χ1) is 10.4. The van der Waals surface area contributed by atoms with Gasteiger partial charge in [0.25, 0.3) is 0 Å². The third-order valence-corrected chi connectivity index (χ3v) is 5.50. The largest absolute Gasteiger partial charge is 0.339 e. The lowest BCUT2D eigenvalue weighted by Gasteiger charge is -2.34. The molecule has 0 N–H and O–H groups in total. The first kappa shape index (κ1) is 16.5. The summed E-state index contributed by atoms with van der Waals surface area (Å²) >= 11 is 0. The van der Waals surface area contributed by atoms with E-state index < -0.39 is 9.84 Å². The summed E-state index contributed by atoms with van der Waals surface area (Å²) in [5.41, 5.74) is 0. The molecule has 2 amide bonds. The fraction of sp³-hybridized carbons (Fsp3) is 0.467. The van der Waals surface area contributed by atoms with Gasteiger partial charge in [-0.3, -0.25) is 9.59 Å². The standard InChI is InChI=1S/C15H20N2O4S/c1-13(18)16-8-10-17(11-9-16)15(19)7-12-22(20,21)14-5-3-2-4-6-14/h2-6H,7-12H2,1H3. The lowest BCUT2D eigenvalue weighted by Crippen LogP contribution is -2.50. The molecule has 6 nitrogen and oxygen atoms in total. The van der Waals surface area contributed by atoms with Crippen LogP contribution in [0.4, 0.5) is 0 Å². The van der Waals surface area contributed by atoms with Crippen LogP contribution in [-0.4, -0.2) is 62.0 Å². The van der Waals surface area contributed by atoms with Gasteiger partial charge >= 0.3 is 0 Å². The monoisotopic (exact) mass is 324 g/mol. The predicted molar refractivity (Wildman–Crippen MR) is 81.9 cm³/mol. The number of hydrogen-bond acceptors (Lipinski definition) is 4. The van der Waals surface area contributed by atoms with Crippen LogP contribution in [0.1, 0.15) is 13.3 Å². The van der Waals surface area contributed by atoms with Gasteiger partial charge < -0.3 is 9.80 Å². The number of benzene rings is 1. The number of carbonyl (C=O) groups excluding carboxylic acids is 2. The Hall–Kier alpha value is -1.89. The second-order valence-electron chi connectivity index (χ2n) is 5.27. The molecule has 0 bridgehead atoms. The molecule has 0 saturated carbocycles. The Morgan fingerprint density at radius 1 is 1.00 bits per heavy atom. The highest BCUT2D eigenvalue weighted by Crippen LogP contribution is 2.12. The third-order valence-electron chi connectivity index (χ3n) is 3.76. The van der Waals surface area contributed by atoms with Crippen LogP contribution in [0.15, 0.2) is 35.2 Å². The Kier molecular flexibility index (Phi) is 5.18. The van der Waals surface area contributed by atoms with Crippen molar-refractivity contribution in [3.63, 3.8) is 0 Å². The van der Waals surface area contributed by atoms with Crippen molar-refractivity contribution in [3.05, 3.63) is 30.3 Å². The zero-order valence-electron chi connectivity index (χ0n) is 12.6. The van der Waals surface area contributed by atoms with E-state index in [0.29, 0.717) is 26.2 Å². The van der Waals surface area contributed by atoms with E-state index in [4.69, 9.17) is 0 Å². The molecular weight excluding hydrogens is 304 g/mol. The first-order valence-corrected chi connectivity index (χ1v) is 8.86. The summed E-state index contributed by atoms with van der Waals surface area (Å²) in [7, 11) is -3.43. The number of amides is 2. The molecule has 1 saturated heterocycles. The van der Waals surface area contributed by atoms with E-state index in [-0.39, 0.29) is 28.9 Å². The normalized spacial score (nSPS) is 15.7. The van der Waals surface area contributed by atoms with Gasteiger partial charge in [-0.1, -0.05) is 18.2 Å². The molecule has 0 atom stereocenters. The van der Waals surface area contributed by atoms with Crippen molar-refractivity contribution in [2.75, 3.05) is 31.9 Å². The maximum absolute atomic E-state index is 12.1. The molecule has 1 aliphatic heterocycles. The van der Waals surface area contributed by atoms with Crippen LogP contribution in [0, 0.1) is 0 Å². The maximum atomic E-state index is 12.1. The van der Waals surface area contributed by atoms with Gasteiger partial charge in [0.15, 0.2) is 9.84 Å². The minimum atomic E-state index is -3.43. The molecule has 1 aliphatic rings. The van der Waals surface area contributed by atoms with E-state index in [0.717, 1.165) is 0 Å². The number of sulfone groups is 1. The minimum absolute atomic E-state index is 0.00115. The Morgan fingerprint density at radius 3 is 2.09 bits per heavy atom. The quantitative estimate of drug-likeness (QED) is 0.810. The van der Waals surface area contributed by atoms with Crippen molar-refractivity contribution in [1.82, 2.24) is 9.80 Å². The summed E-state index contributed by atoms with van der Waals surface area (Å²) < 4.78 is 24.3. The number of hydrogen-bond donors (Lipinski definition) is 0. The molecule has 1 heterocycles. The van der Waals surface area contributed by atoms with Crippen LogP contribution < -0.4 is 0 Å². The van der Waals surface area contributed by atoms with Gasteiger partial charge in [0, 0.05) is 39.5 Å². The van der Waals surface area contributed by atoms with Crippen molar-refractivity contribution in [2.45, 2.75) is 18.2 Å². The van der Waals surface area contributed by atoms with E-state index in [2.05, 4.69) is 0 Å². The molecule has 120 valence electrons. The molecule has 0 spiro atoms. The summed E-state index contributed by atoms with van der Waals surface area (Å²) in [6, 6.07) is 8.14. The Bertz CT molecular complexity index is 635. The van der Waals surface area contributed by atoms with Gasteiger partial charge in [-0.05, 0) is 12.1 Å². The second kappa shape index (κ2) is 6.91. The highest BCUT2D eigenvalue weighted by atomic mass is 32.2. The smallest absolute Gasteiger partial charge is 0.223 e. The van der Waals surface area contributed by atoms with Crippen LogP contribution in [0.2, 0.25) is 0 Å². The van der Waals surface area contributed by atoms with Crippen molar-refractivity contribution in [2.24, 2.45) is 0 Å². The number of rotatable bonds is 4. The highest BCUT2D eigenvalue weighted by Gasteiger charge is 2.24. The van der Waals surface area contributed by atoms with Crippen molar-refractivity contribution in [1.29, 1.82) is 0 Å². The molecule has 0 radical (unpaired) electrons. The summed E-state index contributed by atoms with van der Waals surface area (Å²) in [6.07, 6.45) is -0.0305. The average Bonchev–Trinajstić information content (AvgIpc) is 2.53. The van der Waals surface area contributed by atoms with Crippen molar-refractivity contribution in [3.8, 4) is 0 Å². The van der Waals surface area contributed by atoms with E-state index >= 15 is 0 Å². The Labute approximate surface area is 130 Å². The molecule has 22 heavy (non-hydrogen) atoms. The summed E-state index contributed by atoms with van der Waals surface area (Å²) in [6.45, 7) is 3.44. The molecule has 2 rings (SSSR count). The number of carbonyl (C=O) groups is 2. The topological polar surface area (TPSA) is 74.8 Å². The molecule has 1 aromatic carbocycles. The van der Waals surface area contributed by atoms with E-state index in [1.165, 1.54) is 19.1 Å². The van der Waals surface area contributed by atoms with Crippen molar-refractivity contribution < 1.29 is 18.0 Å². The molecule has 0 aromatic heterocycles. The minimum Gasteiger partial charge on any atom is -0.339 e. The molecular formula is C15H20N2O4S. The van der Waals surface area contributed by atoms with Gasteiger partial charge in [-0.25, -0.2) is 8.42 Å². The summed E-state index contributed by atoms with van der Waals surface area (Å²) in [4.78, 5) is 26.9. The molecule has 1 aromatic rings. The molecule has 0 unspecified atom stereocenters. The molecule has 0 aliphatic carbocycles. The third kappa shape index (κ3) is 4.07. The van der Waals surface area contributed by atoms with E-state index in [1.54, 1.807) is 28.0 Å². The summed E-state index contributed by atoms with van der Waals surface area (Å²) in [5.74, 6) is -0.371. The number of piperazine rings is 1. The van der Waals surface area contributed by atoms with Crippen LogP contribution in [0.3, 0.4) is 0 Å². The van der Waals surface area contributed by atoms with Gasteiger partial charge in [0.1, 0.15) is 0 Å². The fourth-order valence-corrected chi connectivity index (χ4v) is 3.65. The van der Waals surface area contributed by atoms with Gasteiger partial charge in [0.05, 0.1) is 10.6 Å². The number of nitrogens with zero attached hydrogens (tertiary/aromatic N) is 2. The molecule has 1 fully saturated rings. The van der Waals surface area contributed by atoms with E-state index in [1.807, 2.05) is 0 Å². The van der Waals surface area contributed by atoms with Crippen LogP contribution in [0.25, 0.3) is 0 Å². The fourth-order valence-electron chi connectivity index (χ4n) is 2.40. The van der Waals surface area contributed by atoms with Crippen molar-refractivity contribution >= 4 is 21.7 Å².